The number of nitrogens with zero attached hydrogens (tertiary/aromatic N) is 1. The van der Waals surface area contributed by atoms with Crippen molar-refractivity contribution in [3.05, 3.63) is 35.4 Å². The van der Waals surface area contributed by atoms with Gasteiger partial charge in [-0.15, -0.1) is 0 Å². The summed E-state index contributed by atoms with van der Waals surface area (Å²) in [5.74, 6) is -1.43. The van der Waals surface area contributed by atoms with Crippen molar-refractivity contribution in [3.63, 3.8) is 0 Å². The van der Waals surface area contributed by atoms with Crippen LogP contribution in [0.25, 0.3) is 0 Å². The van der Waals surface area contributed by atoms with Gasteiger partial charge in [-0.3, -0.25) is 4.79 Å². The molecule has 86 valence electrons. The number of hydrogen-bond donors (Lipinski definition) is 1. The van der Waals surface area contributed by atoms with Gasteiger partial charge < -0.3 is 10.6 Å². The van der Waals surface area contributed by atoms with Gasteiger partial charge in [0.2, 0.25) is 5.91 Å². The molecule has 1 fully saturated rings. The molecule has 5 heteroatoms. The summed E-state index contributed by atoms with van der Waals surface area (Å²) in [7, 11) is 1.57. The zero-order chi connectivity index (χ0) is 11.9. The molecule has 16 heavy (non-hydrogen) atoms. The molecule has 1 aliphatic rings. The summed E-state index contributed by atoms with van der Waals surface area (Å²) in [6, 6.07) is 2.36. The topological polar surface area (TPSA) is 46.3 Å². The van der Waals surface area contributed by atoms with Gasteiger partial charge in [-0.05, 0) is 6.07 Å². The molecule has 0 radical (unpaired) electrons. The number of hydrogen-bond acceptors (Lipinski definition) is 2. The first-order chi connectivity index (χ1) is 7.50. The first-order valence-electron chi connectivity index (χ1n) is 4.97. The van der Waals surface area contributed by atoms with E-state index in [1.807, 2.05) is 0 Å². The van der Waals surface area contributed by atoms with Crippen LogP contribution in [0.5, 0.6) is 0 Å². The number of halogens is 2. The largest absolute Gasteiger partial charge is 0.337 e. The number of amides is 1. The first kappa shape index (κ1) is 11.0. The van der Waals surface area contributed by atoms with Gasteiger partial charge in [0.1, 0.15) is 11.6 Å². The van der Waals surface area contributed by atoms with E-state index in [2.05, 4.69) is 0 Å². The molecule has 3 nitrogen and oxygen atoms in total. The minimum absolute atomic E-state index is 0.124. The lowest BCUT2D eigenvalue weighted by atomic mass is 10.0. The highest BCUT2D eigenvalue weighted by Crippen LogP contribution is 2.32. The Hall–Kier alpha value is -1.49. The second-order valence-electron chi connectivity index (χ2n) is 3.98. The molecule has 0 saturated carbocycles. The average molecular weight is 226 g/mol. The van der Waals surface area contributed by atoms with Crippen molar-refractivity contribution in [2.24, 2.45) is 5.73 Å². The second-order valence-corrected chi connectivity index (χ2v) is 3.98. The predicted octanol–water partition coefficient (Wildman–Crippen LogP) is 1.20. The van der Waals surface area contributed by atoms with Crippen LogP contribution in [0.1, 0.15) is 18.0 Å². The Labute approximate surface area is 91.8 Å². The first-order valence-corrected chi connectivity index (χ1v) is 4.97. The maximum atomic E-state index is 13.5. The Morgan fingerprint density at radius 1 is 1.44 bits per heavy atom. The fourth-order valence-electron chi connectivity index (χ4n) is 2.08. The zero-order valence-corrected chi connectivity index (χ0v) is 8.78. The van der Waals surface area contributed by atoms with E-state index in [1.54, 1.807) is 7.05 Å². The summed E-state index contributed by atoms with van der Waals surface area (Å²) in [4.78, 5) is 12.8. The Bertz CT molecular complexity index is 436. The van der Waals surface area contributed by atoms with Gasteiger partial charge in [0.15, 0.2) is 0 Å². The lowest BCUT2D eigenvalue weighted by Gasteiger charge is -2.23. The standard InChI is InChI=1S/C11H12F2N2O/c1-15-10(16)5-9(14)11(15)7-3-2-6(12)4-8(7)13/h2-4,9,11H,5,14H2,1H3. The number of carbonyl (C=O) groups excluding carboxylic acids is 1. The molecule has 1 amide bonds. The minimum atomic E-state index is -0.665. The van der Waals surface area contributed by atoms with Crippen LogP contribution in [0.4, 0.5) is 8.78 Å². The quantitative estimate of drug-likeness (QED) is 0.782. The summed E-state index contributed by atoms with van der Waals surface area (Å²) in [5.41, 5.74) is 6.04. The Morgan fingerprint density at radius 3 is 2.62 bits per heavy atom. The number of carbonyl (C=O) groups is 1. The van der Waals surface area contributed by atoms with Gasteiger partial charge in [-0.2, -0.15) is 0 Å². The van der Waals surface area contributed by atoms with Crippen molar-refractivity contribution in [1.82, 2.24) is 4.90 Å². The normalized spacial score (nSPS) is 25.2. The molecular formula is C11H12F2N2O. The van der Waals surface area contributed by atoms with Crippen LogP contribution in [0.15, 0.2) is 18.2 Å². The van der Waals surface area contributed by atoms with Crippen LogP contribution < -0.4 is 5.73 Å². The van der Waals surface area contributed by atoms with Gasteiger partial charge in [-0.1, -0.05) is 6.07 Å². The Morgan fingerprint density at radius 2 is 2.12 bits per heavy atom. The van der Waals surface area contributed by atoms with Crippen LogP contribution in [0.3, 0.4) is 0 Å². The van der Waals surface area contributed by atoms with Crippen LogP contribution in [-0.4, -0.2) is 23.9 Å². The van der Waals surface area contributed by atoms with Gasteiger partial charge in [0.05, 0.1) is 6.04 Å². The maximum Gasteiger partial charge on any atom is 0.224 e. The molecule has 1 aromatic rings. The Balaban J connectivity index is 2.40. The van der Waals surface area contributed by atoms with Crippen LogP contribution in [-0.2, 0) is 4.79 Å². The highest BCUT2D eigenvalue weighted by Gasteiger charge is 2.37. The number of rotatable bonds is 1. The van der Waals surface area contributed by atoms with Crippen molar-refractivity contribution >= 4 is 5.91 Å². The molecule has 0 aromatic heterocycles. The maximum absolute atomic E-state index is 13.5. The van der Waals surface area contributed by atoms with E-state index in [9.17, 15) is 13.6 Å². The van der Waals surface area contributed by atoms with Gasteiger partial charge in [0.25, 0.3) is 0 Å². The van der Waals surface area contributed by atoms with E-state index < -0.39 is 23.7 Å². The smallest absolute Gasteiger partial charge is 0.224 e. The molecule has 0 bridgehead atoms. The second kappa shape index (κ2) is 3.83. The zero-order valence-electron chi connectivity index (χ0n) is 8.78. The number of likely N-dealkylation sites (N-methyl/N-ethyl adjacent to an activating group) is 1. The molecule has 2 N–H and O–H groups in total. The van der Waals surface area contributed by atoms with Crippen molar-refractivity contribution in [3.8, 4) is 0 Å². The van der Waals surface area contributed by atoms with E-state index in [4.69, 9.17) is 5.73 Å². The molecule has 0 spiro atoms. The third-order valence-electron chi connectivity index (χ3n) is 2.91. The van der Waals surface area contributed by atoms with Crippen LogP contribution in [0.2, 0.25) is 0 Å². The van der Waals surface area contributed by atoms with Crippen LogP contribution >= 0.6 is 0 Å². The molecule has 2 unspecified atom stereocenters. The van der Waals surface area contributed by atoms with E-state index >= 15 is 0 Å². The van der Waals surface area contributed by atoms with E-state index in [0.717, 1.165) is 6.07 Å². The predicted molar refractivity (Wildman–Crippen MR) is 54.5 cm³/mol. The summed E-state index contributed by atoms with van der Waals surface area (Å²) in [6.45, 7) is 0. The third-order valence-corrected chi connectivity index (χ3v) is 2.91. The molecule has 1 heterocycles. The SMILES string of the molecule is CN1C(=O)CC(N)C1c1ccc(F)cc1F. The van der Waals surface area contributed by atoms with Crippen LogP contribution in [0, 0.1) is 11.6 Å². The molecule has 1 aromatic carbocycles. The summed E-state index contributed by atoms with van der Waals surface area (Å²) < 4.78 is 26.3. The molecule has 1 aliphatic heterocycles. The van der Waals surface area contributed by atoms with Gasteiger partial charge >= 0.3 is 0 Å². The average Bonchev–Trinajstić information content (AvgIpc) is 2.43. The molecule has 0 aliphatic carbocycles. The van der Waals surface area contributed by atoms with E-state index in [1.165, 1.54) is 17.0 Å². The monoisotopic (exact) mass is 226 g/mol. The molecular weight excluding hydrogens is 214 g/mol. The fraction of sp³-hybridized carbons (Fsp3) is 0.364. The molecule has 2 atom stereocenters. The summed E-state index contributed by atoms with van der Waals surface area (Å²) >= 11 is 0. The Kier molecular flexibility index (Phi) is 2.63. The lowest BCUT2D eigenvalue weighted by Crippen LogP contribution is -2.31. The third kappa shape index (κ3) is 1.67. The highest BCUT2D eigenvalue weighted by molar-refractivity contribution is 5.80. The number of likely N-dealkylation sites (tertiary alicyclic amines) is 1. The summed E-state index contributed by atoms with van der Waals surface area (Å²) in [5, 5.41) is 0. The molecule has 1 saturated heterocycles. The van der Waals surface area contributed by atoms with Crippen molar-refractivity contribution < 1.29 is 13.6 Å². The van der Waals surface area contributed by atoms with Gasteiger partial charge in [-0.25, -0.2) is 8.78 Å². The van der Waals surface area contributed by atoms with E-state index in [0.29, 0.717) is 0 Å². The van der Waals surface area contributed by atoms with Crippen molar-refractivity contribution in [1.29, 1.82) is 0 Å². The summed E-state index contributed by atoms with van der Waals surface area (Å²) in [6.07, 6.45) is 0.192. The highest BCUT2D eigenvalue weighted by atomic mass is 19.1. The van der Waals surface area contributed by atoms with Crippen molar-refractivity contribution in [2.45, 2.75) is 18.5 Å². The number of nitrogens with two attached hydrogens (primary N) is 1. The minimum Gasteiger partial charge on any atom is -0.337 e. The molecule has 2 rings (SSSR count). The number of benzene rings is 1. The van der Waals surface area contributed by atoms with Crippen molar-refractivity contribution in [2.75, 3.05) is 7.05 Å². The lowest BCUT2D eigenvalue weighted by molar-refractivity contribution is -0.127. The van der Waals surface area contributed by atoms with Gasteiger partial charge in [0, 0.05) is 31.1 Å². The fourth-order valence-corrected chi connectivity index (χ4v) is 2.08. The van der Waals surface area contributed by atoms with E-state index in [-0.39, 0.29) is 17.9 Å².